The van der Waals surface area contributed by atoms with Crippen molar-refractivity contribution in [3.05, 3.63) is 35.9 Å². The lowest BCUT2D eigenvalue weighted by Gasteiger charge is -2.14. The molecule has 1 aromatic rings. The Morgan fingerprint density at radius 2 is 1.93 bits per heavy atom. The van der Waals surface area contributed by atoms with Crippen LogP contribution in [0.1, 0.15) is 5.56 Å². The Hall–Kier alpha value is -1.39. The van der Waals surface area contributed by atoms with Gasteiger partial charge >= 0.3 is 5.97 Å². The number of benzene rings is 1. The second-order valence-corrected chi connectivity index (χ2v) is 3.14. The highest BCUT2D eigenvalue weighted by Gasteiger charge is 2.21. The molecule has 4 N–H and O–H groups in total. The molecule has 4 nitrogen and oxygen atoms in total. The normalized spacial score (nSPS) is 14.7. The van der Waals surface area contributed by atoms with Gasteiger partial charge in [-0.1, -0.05) is 30.3 Å². The molecule has 14 heavy (non-hydrogen) atoms. The molecular weight excluding hydrogens is 182 g/mol. The van der Waals surface area contributed by atoms with E-state index >= 15 is 0 Å². The highest BCUT2D eigenvalue weighted by Crippen LogP contribution is 2.04. The Morgan fingerprint density at radius 1 is 1.36 bits per heavy atom. The lowest BCUT2D eigenvalue weighted by Crippen LogP contribution is -2.41. The van der Waals surface area contributed by atoms with E-state index in [2.05, 4.69) is 0 Å². The Balaban J connectivity index is 2.57. The number of carbonyl (C=O) groups is 1. The number of rotatable bonds is 4. The average Bonchev–Trinajstić information content (AvgIpc) is 2.18. The van der Waals surface area contributed by atoms with Gasteiger partial charge in [0.2, 0.25) is 0 Å². The first-order valence-electron chi connectivity index (χ1n) is 4.31. The van der Waals surface area contributed by atoms with Gasteiger partial charge in [0.1, 0.15) is 0 Å². The second kappa shape index (κ2) is 4.74. The van der Waals surface area contributed by atoms with Crippen LogP contribution in [0.3, 0.4) is 0 Å². The summed E-state index contributed by atoms with van der Waals surface area (Å²) in [4.78, 5) is 10.4. The van der Waals surface area contributed by atoms with Gasteiger partial charge in [-0.05, 0) is 12.0 Å². The van der Waals surface area contributed by atoms with Crippen LogP contribution in [-0.2, 0) is 11.2 Å². The summed E-state index contributed by atoms with van der Waals surface area (Å²) < 4.78 is 0. The van der Waals surface area contributed by atoms with E-state index in [1.54, 1.807) is 0 Å². The van der Waals surface area contributed by atoms with Gasteiger partial charge in [0.25, 0.3) is 0 Å². The molecule has 0 aliphatic carbocycles. The average molecular weight is 195 g/mol. The van der Waals surface area contributed by atoms with Gasteiger partial charge in [-0.3, -0.25) is 0 Å². The van der Waals surface area contributed by atoms with Crippen LogP contribution >= 0.6 is 0 Å². The molecule has 0 amide bonds. The van der Waals surface area contributed by atoms with E-state index < -0.39 is 18.1 Å². The van der Waals surface area contributed by atoms with Crippen molar-refractivity contribution in [2.75, 3.05) is 0 Å². The SMILES string of the molecule is N[C@H](Cc1ccccc1)C(O)C(=O)O. The number of hydrogen-bond acceptors (Lipinski definition) is 3. The van der Waals surface area contributed by atoms with E-state index in [0.717, 1.165) is 5.56 Å². The molecule has 76 valence electrons. The molecule has 4 heteroatoms. The summed E-state index contributed by atoms with van der Waals surface area (Å²) in [7, 11) is 0. The number of aliphatic carboxylic acids is 1. The fourth-order valence-corrected chi connectivity index (χ4v) is 1.18. The quantitative estimate of drug-likeness (QED) is 0.631. The first-order chi connectivity index (χ1) is 6.61. The number of nitrogens with two attached hydrogens (primary N) is 1. The smallest absolute Gasteiger partial charge is 0.334 e. The monoisotopic (exact) mass is 195 g/mol. The molecule has 1 aromatic carbocycles. The molecule has 0 aliphatic heterocycles. The lowest BCUT2D eigenvalue weighted by molar-refractivity contribution is -0.147. The van der Waals surface area contributed by atoms with Crippen LogP contribution in [0.5, 0.6) is 0 Å². The van der Waals surface area contributed by atoms with Gasteiger partial charge in [0.05, 0.1) is 0 Å². The number of aliphatic hydroxyl groups is 1. The Kier molecular flexibility index (Phi) is 3.62. The van der Waals surface area contributed by atoms with E-state index in [1.807, 2.05) is 30.3 Å². The largest absolute Gasteiger partial charge is 0.479 e. The molecule has 0 radical (unpaired) electrons. The molecule has 0 bridgehead atoms. The molecule has 0 aromatic heterocycles. The van der Waals surface area contributed by atoms with Gasteiger partial charge in [-0.25, -0.2) is 4.79 Å². The van der Waals surface area contributed by atoms with Crippen molar-refractivity contribution >= 4 is 5.97 Å². The van der Waals surface area contributed by atoms with E-state index in [9.17, 15) is 4.79 Å². The summed E-state index contributed by atoms with van der Waals surface area (Å²) in [6.07, 6.45) is -1.15. The molecule has 0 saturated carbocycles. The molecular formula is C10H13NO3. The summed E-state index contributed by atoms with van der Waals surface area (Å²) in [6, 6.07) is 8.46. The summed E-state index contributed by atoms with van der Waals surface area (Å²) in [6.45, 7) is 0. The van der Waals surface area contributed by atoms with Crippen molar-refractivity contribution in [3.63, 3.8) is 0 Å². The highest BCUT2D eigenvalue weighted by atomic mass is 16.4. The number of carboxylic acids is 1. The van der Waals surface area contributed by atoms with Gasteiger partial charge in [0, 0.05) is 6.04 Å². The van der Waals surface area contributed by atoms with Gasteiger partial charge in [-0.2, -0.15) is 0 Å². The molecule has 0 saturated heterocycles. The Morgan fingerprint density at radius 3 is 2.43 bits per heavy atom. The van der Waals surface area contributed by atoms with Crippen LogP contribution in [0.15, 0.2) is 30.3 Å². The van der Waals surface area contributed by atoms with E-state index in [4.69, 9.17) is 15.9 Å². The van der Waals surface area contributed by atoms with E-state index in [1.165, 1.54) is 0 Å². The van der Waals surface area contributed by atoms with E-state index in [0.29, 0.717) is 6.42 Å². The lowest BCUT2D eigenvalue weighted by atomic mass is 10.0. The molecule has 1 rings (SSSR count). The number of hydrogen-bond donors (Lipinski definition) is 3. The predicted octanol–water partition coefficient (Wildman–Crippen LogP) is 0.00190. The molecule has 1 unspecified atom stereocenters. The van der Waals surface area contributed by atoms with Crippen LogP contribution < -0.4 is 5.73 Å². The Bertz CT molecular complexity index is 299. The minimum Gasteiger partial charge on any atom is -0.479 e. The van der Waals surface area contributed by atoms with Crippen molar-refractivity contribution in [1.29, 1.82) is 0 Å². The standard InChI is InChI=1S/C10H13NO3/c11-8(9(12)10(13)14)6-7-4-2-1-3-5-7/h1-5,8-9,12H,6,11H2,(H,13,14)/t8-,9?/m1/s1. The zero-order valence-corrected chi connectivity index (χ0v) is 7.63. The molecule has 2 atom stereocenters. The second-order valence-electron chi connectivity index (χ2n) is 3.14. The maximum absolute atomic E-state index is 10.4. The molecule has 0 aliphatic rings. The first kappa shape index (κ1) is 10.7. The molecule has 0 heterocycles. The number of carboxylic acid groups (broad SMARTS) is 1. The highest BCUT2D eigenvalue weighted by molar-refractivity contribution is 5.72. The summed E-state index contributed by atoms with van der Waals surface area (Å²) in [5.41, 5.74) is 6.44. The fourth-order valence-electron chi connectivity index (χ4n) is 1.18. The van der Waals surface area contributed by atoms with Gasteiger partial charge in [0.15, 0.2) is 6.10 Å². The minimum absolute atomic E-state index is 0.355. The van der Waals surface area contributed by atoms with Crippen LogP contribution in [-0.4, -0.2) is 28.3 Å². The van der Waals surface area contributed by atoms with Crippen molar-refractivity contribution in [3.8, 4) is 0 Å². The van der Waals surface area contributed by atoms with Crippen LogP contribution in [0, 0.1) is 0 Å². The van der Waals surface area contributed by atoms with Crippen LogP contribution in [0.25, 0.3) is 0 Å². The van der Waals surface area contributed by atoms with Crippen molar-refractivity contribution < 1.29 is 15.0 Å². The third-order valence-electron chi connectivity index (χ3n) is 1.97. The van der Waals surface area contributed by atoms with Crippen molar-refractivity contribution in [2.24, 2.45) is 5.73 Å². The summed E-state index contributed by atoms with van der Waals surface area (Å²) in [5, 5.41) is 17.6. The summed E-state index contributed by atoms with van der Waals surface area (Å²) in [5.74, 6) is -1.28. The van der Waals surface area contributed by atoms with Crippen molar-refractivity contribution in [2.45, 2.75) is 18.6 Å². The van der Waals surface area contributed by atoms with Gasteiger partial charge in [-0.15, -0.1) is 0 Å². The van der Waals surface area contributed by atoms with Crippen LogP contribution in [0.2, 0.25) is 0 Å². The van der Waals surface area contributed by atoms with E-state index in [-0.39, 0.29) is 0 Å². The Labute approximate surface area is 82.0 Å². The zero-order chi connectivity index (χ0) is 10.6. The number of aliphatic hydroxyl groups excluding tert-OH is 1. The fraction of sp³-hybridized carbons (Fsp3) is 0.300. The topological polar surface area (TPSA) is 83.5 Å². The minimum atomic E-state index is -1.50. The van der Waals surface area contributed by atoms with Crippen LogP contribution in [0.4, 0.5) is 0 Å². The maximum Gasteiger partial charge on any atom is 0.334 e. The third-order valence-corrected chi connectivity index (χ3v) is 1.97. The molecule has 0 spiro atoms. The summed E-state index contributed by atoms with van der Waals surface area (Å²) >= 11 is 0. The predicted molar refractivity (Wildman–Crippen MR) is 51.8 cm³/mol. The third kappa shape index (κ3) is 2.83. The van der Waals surface area contributed by atoms with Gasteiger partial charge < -0.3 is 15.9 Å². The zero-order valence-electron chi connectivity index (χ0n) is 7.63. The first-order valence-corrected chi connectivity index (χ1v) is 4.31. The maximum atomic E-state index is 10.4. The molecule has 0 fully saturated rings. The van der Waals surface area contributed by atoms with Crippen molar-refractivity contribution in [1.82, 2.24) is 0 Å².